The number of nitriles is 1. The molecule has 132 valence electrons. The number of hydrazone groups is 1. The molecule has 0 heterocycles. The minimum Gasteiger partial charge on any atom is -0.468 e. The summed E-state index contributed by atoms with van der Waals surface area (Å²) in [4.78, 5) is 23.9. The summed E-state index contributed by atoms with van der Waals surface area (Å²) in [5.41, 5.74) is 2.42. The molecule has 0 bridgehead atoms. The first-order chi connectivity index (χ1) is 11.9. The predicted molar refractivity (Wildman–Crippen MR) is 90.4 cm³/mol. The van der Waals surface area contributed by atoms with Crippen LogP contribution in [0.3, 0.4) is 0 Å². The molecule has 2 N–H and O–H groups in total. The minimum atomic E-state index is -1.08. The highest BCUT2D eigenvalue weighted by Crippen LogP contribution is 2.41. The Labute approximate surface area is 146 Å². The third-order valence-electron chi connectivity index (χ3n) is 4.23. The van der Waals surface area contributed by atoms with Crippen molar-refractivity contribution in [3.8, 4) is 6.07 Å². The Hall–Kier alpha value is -2.72. The van der Waals surface area contributed by atoms with Crippen LogP contribution in [-0.2, 0) is 14.3 Å². The molecule has 0 spiro atoms. The third kappa shape index (κ3) is 4.64. The second-order valence-electron chi connectivity index (χ2n) is 6.37. The van der Waals surface area contributed by atoms with Gasteiger partial charge in [0.15, 0.2) is 0 Å². The highest BCUT2D eigenvalue weighted by molar-refractivity contribution is 6.04. The van der Waals surface area contributed by atoms with Crippen molar-refractivity contribution in [2.75, 3.05) is 7.11 Å². The lowest BCUT2D eigenvalue weighted by atomic mass is 9.68. The fourth-order valence-corrected chi connectivity index (χ4v) is 3.19. The zero-order chi connectivity index (χ0) is 18.4. The van der Waals surface area contributed by atoms with Crippen LogP contribution < -0.4 is 5.43 Å². The summed E-state index contributed by atoms with van der Waals surface area (Å²) in [6.45, 7) is 1.67. The largest absolute Gasteiger partial charge is 0.468 e. The van der Waals surface area contributed by atoms with Gasteiger partial charge in [0.05, 0.1) is 24.5 Å². The van der Waals surface area contributed by atoms with Crippen LogP contribution in [0.5, 0.6) is 0 Å². The van der Waals surface area contributed by atoms with Gasteiger partial charge in [-0.2, -0.15) is 10.4 Å². The Morgan fingerprint density at radius 2 is 2.12 bits per heavy atom. The number of carbonyl (C=O) groups excluding carboxylic acids is 2. The van der Waals surface area contributed by atoms with E-state index in [0.29, 0.717) is 12.1 Å². The summed E-state index contributed by atoms with van der Waals surface area (Å²) in [6, 6.07) is 11.1. The monoisotopic (exact) mass is 343 g/mol. The van der Waals surface area contributed by atoms with E-state index in [4.69, 9.17) is 10.00 Å². The molecule has 1 saturated carbocycles. The van der Waals surface area contributed by atoms with Gasteiger partial charge in [-0.1, -0.05) is 30.3 Å². The summed E-state index contributed by atoms with van der Waals surface area (Å²) in [6.07, 6.45) is 0.156. The normalized spacial score (nSPS) is 27.4. The first-order valence-corrected chi connectivity index (χ1v) is 7.95. The van der Waals surface area contributed by atoms with Gasteiger partial charge in [0.25, 0.3) is 5.91 Å². The first-order valence-electron chi connectivity index (χ1n) is 7.95. The molecule has 25 heavy (non-hydrogen) atoms. The Morgan fingerprint density at radius 3 is 2.72 bits per heavy atom. The van der Waals surface area contributed by atoms with Crippen LogP contribution in [0.4, 0.5) is 0 Å². The quantitative estimate of drug-likeness (QED) is 0.635. The maximum atomic E-state index is 12.4. The highest BCUT2D eigenvalue weighted by Gasteiger charge is 2.45. The van der Waals surface area contributed by atoms with Crippen LogP contribution in [0.15, 0.2) is 35.4 Å². The van der Waals surface area contributed by atoms with Gasteiger partial charge in [-0.3, -0.25) is 9.59 Å². The third-order valence-corrected chi connectivity index (χ3v) is 4.23. The Morgan fingerprint density at radius 1 is 1.44 bits per heavy atom. The van der Waals surface area contributed by atoms with E-state index in [9.17, 15) is 14.7 Å². The topological polar surface area (TPSA) is 112 Å². The second-order valence-corrected chi connectivity index (χ2v) is 6.37. The SMILES string of the molecule is COC(=O)[C@@H]1/C(=N\NC(=O)CC#N)C[C@](C)(O)C[C@@H]1c1ccccc1. The number of benzene rings is 1. The Bertz CT molecular complexity index is 707. The van der Waals surface area contributed by atoms with Gasteiger partial charge in [0.2, 0.25) is 0 Å². The highest BCUT2D eigenvalue weighted by atomic mass is 16.5. The standard InChI is InChI=1S/C18H21N3O4/c1-18(24)10-13(12-6-4-3-5-7-12)16(17(23)25-2)14(11-18)20-21-15(22)8-9-19/h3-7,13,16,24H,8,10-11H2,1-2H3,(H,21,22)/b20-14-/t13-,16+,18-/m1/s1. The van der Waals surface area contributed by atoms with E-state index < -0.39 is 23.4 Å². The lowest BCUT2D eigenvalue weighted by Gasteiger charge is -2.39. The summed E-state index contributed by atoms with van der Waals surface area (Å²) < 4.78 is 4.93. The Kier molecular flexibility index (Phi) is 5.88. The molecule has 1 amide bonds. The van der Waals surface area contributed by atoms with Crippen molar-refractivity contribution >= 4 is 17.6 Å². The molecule has 0 saturated heterocycles. The zero-order valence-electron chi connectivity index (χ0n) is 14.2. The number of amides is 1. The van der Waals surface area contributed by atoms with E-state index in [1.807, 2.05) is 30.3 Å². The Balaban J connectivity index is 2.41. The average molecular weight is 343 g/mol. The molecule has 7 heteroatoms. The van der Waals surface area contributed by atoms with Gasteiger partial charge in [0.1, 0.15) is 12.3 Å². The number of esters is 1. The molecule has 3 atom stereocenters. The number of carbonyl (C=O) groups is 2. The fourth-order valence-electron chi connectivity index (χ4n) is 3.19. The molecule has 2 rings (SSSR count). The maximum absolute atomic E-state index is 12.4. The van der Waals surface area contributed by atoms with Crippen LogP contribution in [0.2, 0.25) is 0 Å². The van der Waals surface area contributed by atoms with E-state index in [1.54, 1.807) is 13.0 Å². The minimum absolute atomic E-state index is 0.128. The van der Waals surface area contributed by atoms with Crippen molar-refractivity contribution in [3.63, 3.8) is 0 Å². The van der Waals surface area contributed by atoms with Gasteiger partial charge in [-0.05, 0) is 18.9 Å². The molecule has 1 fully saturated rings. The van der Waals surface area contributed by atoms with Crippen molar-refractivity contribution in [2.24, 2.45) is 11.0 Å². The molecule has 1 aromatic carbocycles. The van der Waals surface area contributed by atoms with E-state index >= 15 is 0 Å². The van der Waals surface area contributed by atoms with E-state index in [2.05, 4.69) is 10.5 Å². The lowest BCUT2D eigenvalue weighted by molar-refractivity contribution is -0.144. The van der Waals surface area contributed by atoms with Crippen LogP contribution >= 0.6 is 0 Å². The van der Waals surface area contributed by atoms with Gasteiger partial charge in [-0.25, -0.2) is 5.43 Å². The van der Waals surface area contributed by atoms with Gasteiger partial charge < -0.3 is 9.84 Å². The van der Waals surface area contributed by atoms with E-state index in [0.717, 1.165) is 5.56 Å². The van der Waals surface area contributed by atoms with E-state index in [-0.39, 0.29) is 18.8 Å². The maximum Gasteiger partial charge on any atom is 0.315 e. The smallest absolute Gasteiger partial charge is 0.315 e. The summed E-state index contributed by atoms with van der Waals surface area (Å²) >= 11 is 0. The zero-order valence-corrected chi connectivity index (χ0v) is 14.2. The number of rotatable bonds is 4. The molecule has 1 aromatic rings. The van der Waals surface area contributed by atoms with Crippen LogP contribution in [0, 0.1) is 17.2 Å². The number of methoxy groups -OCH3 is 1. The van der Waals surface area contributed by atoms with Crippen LogP contribution in [0.1, 0.15) is 37.7 Å². The van der Waals surface area contributed by atoms with Gasteiger partial charge >= 0.3 is 5.97 Å². The molecule has 1 aliphatic carbocycles. The van der Waals surface area contributed by atoms with Crippen LogP contribution in [-0.4, -0.2) is 35.4 Å². The summed E-state index contributed by atoms with van der Waals surface area (Å²) in [5, 5.41) is 23.2. The van der Waals surface area contributed by atoms with Crippen molar-refractivity contribution in [1.82, 2.24) is 5.43 Å². The van der Waals surface area contributed by atoms with Gasteiger partial charge in [0, 0.05) is 12.3 Å². The molecule has 0 aromatic heterocycles. The van der Waals surface area contributed by atoms with Crippen molar-refractivity contribution in [1.29, 1.82) is 5.26 Å². The van der Waals surface area contributed by atoms with Crippen molar-refractivity contribution < 1.29 is 19.4 Å². The molecule has 0 unspecified atom stereocenters. The van der Waals surface area contributed by atoms with Gasteiger partial charge in [-0.15, -0.1) is 0 Å². The van der Waals surface area contributed by atoms with Crippen molar-refractivity contribution in [2.45, 2.75) is 37.7 Å². The molecule has 0 aliphatic heterocycles. The average Bonchev–Trinajstić information content (AvgIpc) is 2.59. The molecule has 7 nitrogen and oxygen atoms in total. The summed E-state index contributed by atoms with van der Waals surface area (Å²) in [5.74, 6) is -2.09. The van der Waals surface area contributed by atoms with Crippen molar-refractivity contribution in [3.05, 3.63) is 35.9 Å². The lowest BCUT2D eigenvalue weighted by Crippen LogP contribution is -2.46. The number of hydrogen-bond acceptors (Lipinski definition) is 6. The molecule has 0 radical (unpaired) electrons. The number of nitrogens with zero attached hydrogens (tertiary/aromatic N) is 2. The number of hydrogen-bond donors (Lipinski definition) is 2. The van der Waals surface area contributed by atoms with E-state index in [1.165, 1.54) is 7.11 Å². The molecule has 1 aliphatic rings. The fraction of sp³-hybridized carbons (Fsp3) is 0.444. The first kappa shape index (κ1) is 18.6. The summed E-state index contributed by atoms with van der Waals surface area (Å²) in [7, 11) is 1.29. The van der Waals surface area contributed by atoms with Crippen LogP contribution in [0.25, 0.3) is 0 Å². The number of nitrogens with one attached hydrogen (secondary N) is 1. The predicted octanol–water partition coefficient (Wildman–Crippen LogP) is 1.49. The second kappa shape index (κ2) is 7.90. The molecular weight excluding hydrogens is 322 g/mol. The number of ether oxygens (including phenoxy) is 1. The number of aliphatic hydroxyl groups is 1. The molecular formula is C18H21N3O4.